The number of aliphatic imine (C=N–C) groups is 1. The number of Topliss-reactive ketones (excluding diaryl/α,β-unsaturated/α-hetero) is 1. The summed E-state index contributed by atoms with van der Waals surface area (Å²) in [6, 6.07) is 4.60. The lowest BCUT2D eigenvalue weighted by Crippen LogP contribution is -2.60. The molecule has 35 heavy (non-hydrogen) atoms. The Bertz CT molecular complexity index is 906. The zero-order chi connectivity index (χ0) is 26.2. The molecule has 0 spiro atoms. The SMILES string of the molecule is CN[C@H](Cc1ccccc1)C(=O)N(C(=O)N1CCC[C@H]1C)C(CCCN=C(N)N)C(=O)C(F)(F)F. The summed E-state index contributed by atoms with van der Waals surface area (Å²) in [6.45, 7) is 1.99. The van der Waals surface area contributed by atoms with Gasteiger partial charge >= 0.3 is 12.2 Å². The smallest absolute Gasteiger partial charge is 0.370 e. The number of rotatable bonds is 10. The molecule has 1 aliphatic heterocycles. The van der Waals surface area contributed by atoms with E-state index >= 15 is 0 Å². The van der Waals surface area contributed by atoms with Crippen LogP contribution in [0.4, 0.5) is 18.0 Å². The molecule has 3 amide bonds. The van der Waals surface area contributed by atoms with Gasteiger partial charge in [-0.2, -0.15) is 13.2 Å². The summed E-state index contributed by atoms with van der Waals surface area (Å²) in [5.74, 6) is -3.31. The molecule has 1 heterocycles. The molecule has 194 valence electrons. The van der Waals surface area contributed by atoms with Crippen molar-refractivity contribution in [2.24, 2.45) is 16.5 Å². The second-order valence-electron chi connectivity index (χ2n) is 8.53. The molecule has 3 atom stereocenters. The number of likely N-dealkylation sites (tertiary alicyclic amines) is 1. The summed E-state index contributed by atoms with van der Waals surface area (Å²) in [5.41, 5.74) is 11.3. The highest BCUT2D eigenvalue weighted by Crippen LogP contribution is 2.27. The number of imide groups is 1. The predicted octanol–water partition coefficient (Wildman–Crippen LogP) is 1.80. The quantitative estimate of drug-likeness (QED) is 0.256. The van der Waals surface area contributed by atoms with Crippen molar-refractivity contribution in [3.8, 4) is 0 Å². The molecular formula is C23H33F3N6O3. The average Bonchev–Trinajstić information content (AvgIpc) is 3.24. The normalized spacial score (nSPS) is 17.5. The fourth-order valence-corrected chi connectivity index (χ4v) is 4.13. The minimum atomic E-state index is -5.25. The second-order valence-corrected chi connectivity index (χ2v) is 8.53. The molecule has 5 N–H and O–H groups in total. The van der Waals surface area contributed by atoms with Crippen LogP contribution in [0.3, 0.4) is 0 Å². The van der Waals surface area contributed by atoms with Crippen molar-refractivity contribution in [2.45, 2.75) is 63.3 Å². The van der Waals surface area contributed by atoms with Crippen LogP contribution >= 0.6 is 0 Å². The number of benzene rings is 1. The van der Waals surface area contributed by atoms with Crippen LogP contribution in [0.1, 0.15) is 38.2 Å². The number of hydrogen-bond acceptors (Lipinski definition) is 5. The fourth-order valence-electron chi connectivity index (χ4n) is 4.13. The molecule has 1 aromatic rings. The first kappa shape index (κ1) is 28.1. The predicted molar refractivity (Wildman–Crippen MR) is 125 cm³/mol. The molecule has 2 rings (SSSR count). The van der Waals surface area contributed by atoms with E-state index in [1.54, 1.807) is 37.3 Å². The van der Waals surface area contributed by atoms with E-state index in [-0.39, 0.29) is 37.9 Å². The molecule has 1 aromatic carbocycles. The number of amides is 3. The van der Waals surface area contributed by atoms with E-state index < -0.39 is 42.4 Å². The lowest BCUT2D eigenvalue weighted by atomic mass is 10.0. The van der Waals surface area contributed by atoms with Crippen LogP contribution in [0.25, 0.3) is 0 Å². The molecule has 9 nitrogen and oxygen atoms in total. The van der Waals surface area contributed by atoms with Gasteiger partial charge in [-0.3, -0.25) is 19.5 Å². The largest absolute Gasteiger partial charge is 0.452 e. The number of likely N-dealkylation sites (N-methyl/N-ethyl adjacent to an activating group) is 1. The third kappa shape index (κ3) is 7.67. The van der Waals surface area contributed by atoms with Crippen LogP contribution in [-0.2, 0) is 16.0 Å². The summed E-state index contributed by atoms with van der Waals surface area (Å²) >= 11 is 0. The van der Waals surface area contributed by atoms with Crippen molar-refractivity contribution in [2.75, 3.05) is 20.1 Å². The van der Waals surface area contributed by atoms with Gasteiger partial charge < -0.3 is 21.7 Å². The highest BCUT2D eigenvalue weighted by molar-refractivity contribution is 6.03. The first-order valence-corrected chi connectivity index (χ1v) is 11.5. The minimum Gasteiger partial charge on any atom is -0.370 e. The highest BCUT2D eigenvalue weighted by Gasteiger charge is 2.50. The van der Waals surface area contributed by atoms with Crippen molar-refractivity contribution in [3.05, 3.63) is 35.9 Å². The van der Waals surface area contributed by atoms with Crippen molar-refractivity contribution in [1.29, 1.82) is 0 Å². The molecule has 12 heteroatoms. The van der Waals surface area contributed by atoms with Crippen LogP contribution in [-0.4, -0.2) is 77.9 Å². The number of hydrogen-bond donors (Lipinski definition) is 3. The molecule has 0 saturated carbocycles. The van der Waals surface area contributed by atoms with Gasteiger partial charge in [0.1, 0.15) is 6.04 Å². The summed E-state index contributed by atoms with van der Waals surface area (Å²) in [5, 5.41) is 2.79. The van der Waals surface area contributed by atoms with E-state index in [1.807, 2.05) is 0 Å². The zero-order valence-corrected chi connectivity index (χ0v) is 19.9. The Balaban J connectivity index is 2.45. The van der Waals surface area contributed by atoms with E-state index in [0.29, 0.717) is 17.7 Å². The summed E-state index contributed by atoms with van der Waals surface area (Å²) in [7, 11) is 1.48. The first-order chi connectivity index (χ1) is 16.5. The van der Waals surface area contributed by atoms with Crippen molar-refractivity contribution in [1.82, 2.24) is 15.1 Å². The molecule has 0 bridgehead atoms. The number of nitrogens with two attached hydrogens (primary N) is 2. The Hall–Kier alpha value is -3.15. The summed E-state index contributed by atoms with van der Waals surface area (Å²) in [6.07, 6.45) is -4.30. The molecule has 1 saturated heterocycles. The van der Waals surface area contributed by atoms with Gasteiger partial charge in [0.15, 0.2) is 5.96 Å². The van der Waals surface area contributed by atoms with Crippen LogP contribution in [0.15, 0.2) is 35.3 Å². The monoisotopic (exact) mass is 498 g/mol. The maximum absolute atomic E-state index is 13.6. The molecule has 0 aliphatic carbocycles. The van der Waals surface area contributed by atoms with Gasteiger partial charge in [0, 0.05) is 19.1 Å². The van der Waals surface area contributed by atoms with Crippen LogP contribution in [0.5, 0.6) is 0 Å². The standard InChI is InChI=1S/C23H33F3N6O3/c1-15-8-7-13-31(15)22(35)32(20(34)17(29-2)14-16-9-4-3-5-10-16)18(19(33)23(24,25)26)11-6-12-30-21(27)28/h3-5,9-10,15,17-18,29H,6-8,11-14H2,1-2H3,(H4,27,28,30)/t15-,17-,18?/m1/s1. The lowest BCUT2D eigenvalue weighted by Gasteiger charge is -2.36. The molecule has 0 radical (unpaired) electrons. The Labute approximate surface area is 202 Å². The van der Waals surface area contributed by atoms with E-state index in [4.69, 9.17) is 11.5 Å². The number of halogens is 3. The Morgan fingerprint density at radius 2 is 1.89 bits per heavy atom. The third-order valence-electron chi connectivity index (χ3n) is 6.00. The topological polar surface area (TPSA) is 134 Å². The second kappa shape index (κ2) is 12.5. The highest BCUT2D eigenvalue weighted by atomic mass is 19.4. The van der Waals surface area contributed by atoms with Gasteiger partial charge in [0.05, 0.1) is 6.04 Å². The average molecular weight is 499 g/mol. The van der Waals surface area contributed by atoms with Gasteiger partial charge in [-0.25, -0.2) is 4.79 Å². The van der Waals surface area contributed by atoms with Gasteiger partial charge in [0.25, 0.3) is 5.78 Å². The van der Waals surface area contributed by atoms with E-state index in [9.17, 15) is 27.6 Å². The first-order valence-electron chi connectivity index (χ1n) is 11.5. The zero-order valence-electron chi connectivity index (χ0n) is 19.9. The fraction of sp³-hybridized carbons (Fsp3) is 0.565. The van der Waals surface area contributed by atoms with Gasteiger partial charge in [-0.15, -0.1) is 0 Å². The number of ketones is 1. The van der Waals surface area contributed by atoms with Crippen LogP contribution in [0, 0.1) is 0 Å². The van der Waals surface area contributed by atoms with Crippen molar-refractivity contribution >= 4 is 23.7 Å². The molecular weight excluding hydrogens is 465 g/mol. The third-order valence-corrected chi connectivity index (χ3v) is 6.00. The van der Waals surface area contributed by atoms with E-state index in [1.165, 1.54) is 11.9 Å². The number of guanidine groups is 1. The van der Waals surface area contributed by atoms with Crippen molar-refractivity contribution in [3.63, 3.8) is 0 Å². The van der Waals surface area contributed by atoms with Gasteiger partial charge in [-0.05, 0) is 51.6 Å². The van der Waals surface area contributed by atoms with Gasteiger partial charge in [0.2, 0.25) is 5.91 Å². The maximum Gasteiger partial charge on any atom is 0.452 e. The summed E-state index contributed by atoms with van der Waals surface area (Å²) in [4.78, 5) is 45.2. The van der Waals surface area contributed by atoms with Crippen molar-refractivity contribution < 1.29 is 27.6 Å². The minimum absolute atomic E-state index is 0.0418. The van der Waals surface area contributed by atoms with Gasteiger partial charge in [-0.1, -0.05) is 30.3 Å². The number of alkyl halides is 3. The number of nitrogens with one attached hydrogen (secondary N) is 1. The molecule has 1 aliphatic rings. The molecule has 1 unspecified atom stereocenters. The van der Waals surface area contributed by atoms with Crippen LogP contribution < -0.4 is 16.8 Å². The summed E-state index contributed by atoms with van der Waals surface area (Å²) < 4.78 is 40.8. The Kier molecular flexibility index (Phi) is 10.1. The lowest BCUT2D eigenvalue weighted by molar-refractivity contribution is -0.177. The maximum atomic E-state index is 13.6. The van der Waals surface area contributed by atoms with E-state index in [2.05, 4.69) is 10.3 Å². The van der Waals surface area contributed by atoms with Crippen LogP contribution in [0.2, 0.25) is 0 Å². The molecule has 1 fully saturated rings. The Morgan fingerprint density at radius 1 is 1.23 bits per heavy atom. The van der Waals surface area contributed by atoms with E-state index in [0.717, 1.165) is 5.56 Å². The number of carbonyl (C=O) groups excluding carboxylic acids is 3. The number of nitrogens with zero attached hydrogens (tertiary/aromatic N) is 3. The number of carbonyl (C=O) groups is 3. The molecule has 0 aromatic heterocycles. The Morgan fingerprint density at radius 3 is 2.40 bits per heavy atom. The number of urea groups is 1.